The van der Waals surface area contributed by atoms with Gasteiger partial charge in [-0.15, -0.1) is 0 Å². The van der Waals surface area contributed by atoms with Gasteiger partial charge in [-0.25, -0.2) is 9.78 Å². The largest absolute Gasteiger partial charge is 0.459 e. The molecule has 1 saturated carbocycles. The molecule has 1 fully saturated rings. The number of rotatable bonds is 2. The van der Waals surface area contributed by atoms with E-state index in [2.05, 4.69) is 4.98 Å². The minimum Gasteiger partial charge on any atom is -0.459 e. The van der Waals surface area contributed by atoms with Crippen molar-refractivity contribution in [2.24, 2.45) is 0 Å². The van der Waals surface area contributed by atoms with Gasteiger partial charge in [-0.05, 0) is 31.4 Å². The first-order valence-electron chi connectivity index (χ1n) is 6.00. The Morgan fingerprint density at radius 1 is 1.33 bits per heavy atom. The molecule has 0 amide bonds. The standard InChI is InChI=1S/C14H12ClNO2/c15-13-8-11(14(17)18-9-4-3-5-9)10-6-1-2-7-12(10)16-13/h1-2,6-9H,3-5H2. The molecule has 0 bridgehead atoms. The molecular formula is C14H12ClNO2. The summed E-state index contributed by atoms with van der Waals surface area (Å²) in [5, 5.41) is 1.10. The van der Waals surface area contributed by atoms with Crippen LogP contribution in [0.25, 0.3) is 10.9 Å². The molecule has 0 radical (unpaired) electrons. The number of hydrogen-bond donors (Lipinski definition) is 0. The number of pyridine rings is 1. The Bertz CT molecular complexity index is 608. The topological polar surface area (TPSA) is 39.2 Å². The number of nitrogens with zero attached hydrogens (tertiary/aromatic N) is 1. The van der Waals surface area contributed by atoms with Gasteiger partial charge in [0.25, 0.3) is 0 Å². The number of carbonyl (C=O) groups is 1. The summed E-state index contributed by atoms with van der Waals surface area (Å²) in [6, 6.07) is 9.01. The van der Waals surface area contributed by atoms with Gasteiger partial charge in [0.05, 0.1) is 11.1 Å². The number of esters is 1. The van der Waals surface area contributed by atoms with Gasteiger partial charge in [0.2, 0.25) is 0 Å². The number of benzene rings is 1. The zero-order valence-electron chi connectivity index (χ0n) is 9.73. The molecular weight excluding hydrogens is 250 g/mol. The highest BCUT2D eigenvalue weighted by Crippen LogP contribution is 2.26. The summed E-state index contributed by atoms with van der Waals surface area (Å²) in [4.78, 5) is 16.3. The van der Waals surface area contributed by atoms with E-state index in [4.69, 9.17) is 16.3 Å². The average Bonchev–Trinajstić information content (AvgIpc) is 2.32. The lowest BCUT2D eigenvalue weighted by molar-refractivity contribution is 0.00922. The van der Waals surface area contributed by atoms with Crippen LogP contribution >= 0.6 is 11.6 Å². The van der Waals surface area contributed by atoms with E-state index in [0.717, 1.165) is 24.6 Å². The lowest BCUT2D eigenvalue weighted by Crippen LogP contribution is -2.25. The number of halogens is 1. The number of aromatic nitrogens is 1. The first kappa shape index (κ1) is 11.5. The Hall–Kier alpha value is -1.61. The molecule has 18 heavy (non-hydrogen) atoms. The Kier molecular flexibility index (Phi) is 2.92. The molecule has 1 aliphatic carbocycles. The molecule has 0 N–H and O–H groups in total. The minimum absolute atomic E-state index is 0.0724. The Balaban J connectivity index is 2.01. The highest BCUT2D eigenvalue weighted by atomic mass is 35.5. The Morgan fingerprint density at radius 3 is 2.83 bits per heavy atom. The fourth-order valence-electron chi connectivity index (χ4n) is 2.02. The highest BCUT2D eigenvalue weighted by Gasteiger charge is 2.23. The maximum absolute atomic E-state index is 12.1. The quantitative estimate of drug-likeness (QED) is 0.612. The second-order valence-electron chi connectivity index (χ2n) is 4.47. The first-order chi connectivity index (χ1) is 8.74. The van der Waals surface area contributed by atoms with Crippen molar-refractivity contribution in [1.29, 1.82) is 0 Å². The van der Waals surface area contributed by atoms with Crippen LogP contribution in [0.2, 0.25) is 5.15 Å². The Morgan fingerprint density at radius 2 is 2.11 bits per heavy atom. The molecule has 2 aromatic rings. The maximum Gasteiger partial charge on any atom is 0.339 e. The summed E-state index contributed by atoms with van der Waals surface area (Å²) in [5.74, 6) is -0.305. The van der Waals surface area contributed by atoms with E-state index in [9.17, 15) is 4.79 Å². The molecule has 92 valence electrons. The predicted octanol–water partition coefficient (Wildman–Crippen LogP) is 3.60. The molecule has 1 aromatic carbocycles. The van der Waals surface area contributed by atoms with Gasteiger partial charge in [-0.3, -0.25) is 0 Å². The van der Waals surface area contributed by atoms with Crippen molar-refractivity contribution >= 4 is 28.5 Å². The van der Waals surface area contributed by atoms with E-state index < -0.39 is 0 Å². The second kappa shape index (κ2) is 4.58. The van der Waals surface area contributed by atoms with Gasteiger partial charge in [0.1, 0.15) is 11.3 Å². The van der Waals surface area contributed by atoms with E-state index in [-0.39, 0.29) is 12.1 Å². The molecule has 1 aromatic heterocycles. The summed E-state index contributed by atoms with van der Waals surface area (Å²) in [6.45, 7) is 0. The van der Waals surface area contributed by atoms with Crippen LogP contribution in [0, 0.1) is 0 Å². The van der Waals surface area contributed by atoms with Gasteiger partial charge < -0.3 is 4.74 Å². The monoisotopic (exact) mass is 261 g/mol. The average molecular weight is 262 g/mol. The molecule has 4 heteroatoms. The summed E-state index contributed by atoms with van der Waals surface area (Å²) in [7, 11) is 0. The van der Waals surface area contributed by atoms with Crippen molar-refractivity contribution in [1.82, 2.24) is 4.98 Å². The summed E-state index contributed by atoms with van der Waals surface area (Å²) >= 11 is 5.93. The lowest BCUT2D eigenvalue weighted by Gasteiger charge is -2.25. The summed E-state index contributed by atoms with van der Waals surface area (Å²) in [5.41, 5.74) is 1.21. The fraction of sp³-hybridized carbons (Fsp3) is 0.286. The van der Waals surface area contributed by atoms with E-state index in [0.29, 0.717) is 16.2 Å². The lowest BCUT2D eigenvalue weighted by atomic mass is 9.96. The smallest absolute Gasteiger partial charge is 0.339 e. The van der Waals surface area contributed by atoms with Gasteiger partial charge in [0, 0.05) is 5.39 Å². The summed E-state index contributed by atoms with van der Waals surface area (Å²) in [6.07, 6.45) is 3.13. The van der Waals surface area contributed by atoms with Gasteiger partial charge >= 0.3 is 5.97 Å². The van der Waals surface area contributed by atoms with Crippen LogP contribution in [0.5, 0.6) is 0 Å². The van der Waals surface area contributed by atoms with Crippen molar-refractivity contribution in [2.75, 3.05) is 0 Å². The highest BCUT2D eigenvalue weighted by molar-refractivity contribution is 6.30. The third kappa shape index (κ3) is 2.06. The molecule has 3 nitrogen and oxygen atoms in total. The van der Waals surface area contributed by atoms with Crippen LogP contribution in [0.3, 0.4) is 0 Å². The van der Waals surface area contributed by atoms with Crippen LogP contribution in [0.1, 0.15) is 29.6 Å². The Labute approximate surface area is 110 Å². The van der Waals surface area contributed by atoms with Gasteiger partial charge in [-0.2, -0.15) is 0 Å². The SMILES string of the molecule is O=C(OC1CCC1)c1cc(Cl)nc2ccccc12. The van der Waals surface area contributed by atoms with Crippen LogP contribution in [-0.4, -0.2) is 17.1 Å². The van der Waals surface area contributed by atoms with E-state index >= 15 is 0 Å². The van der Waals surface area contributed by atoms with Crippen molar-refractivity contribution in [3.63, 3.8) is 0 Å². The first-order valence-corrected chi connectivity index (χ1v) is 6.38. The number of ether oxygens (including phenoxy) is 1. The zero-order chi connectivity index (χ0) is 12.5. The van der Waals surface area contributed by atoms with E-state index in [1.807, 2.05) is 24.3 Å². The van der Waals surface area contributed by atoms with Gasteiger partial charge in [-0.1, -0.05) is 29.8 Å². The summed E-state index contributed by atoms with van der Waals surface area (Å²) < 4.78 is 5.41. The maximum atomic E-state index is 12.1. The third-order valence-electron chi connectivity index (χ3n) is 3.23. The molecule has 0 aliphatic heterocycles. The van der Waals surface area contributed by atoms with Crippen molar-refractivity contribution < 1.29 is 9.53 Å². The van der Waals surface area contributed by atoms with Crippen molar-refractivity contribution in [3.05, 3.63) is 41.0 Å². The van der Waals surface area contributed by atoms with Crippen molar-refractivity contribution in [2.45, 2.75) is 25.4 Å². The molecule has 0 saturated heterocycles. The molecule has 0 unspecified atom stereocenters. The van der Waals surface area contributed by atoms with E-state index in [1.165, 1.54) is 0 Å². The molecule has 3 rings (SSSR count). The van der Waals surface area contributed by atoms with E-state index in [1.54, 1.807) is 6.07 Å². The zero-order valence-corrected chi connectivity index (χ0v) is 10.5. The fourth-order valence-corrected chi connectivity index (χ4v) is 2.22. The normalized spacial score (nSPS) is 15.4. The number of fused-ring (bicyclic) bond motifs is 1. The van der Waals surface area contributed by atoms with Gasteiger partial charge in [0.15, 0.2) is 0 Å². The van der Waals surface area contributed by atoms with Crippen LogP contribution in [0.15, 0.2) is 30.3 Å². The molecule has 0 atom stereocenters. The van der Waals surface area contributed by atoms with Crippen LogP contribution in [-0.2, 0) is 4.74 Å². The molecule has 1 aliphatic rings. The minimum atomic E-state index is -0.305. The second-order valence-corrected chi connectivity index (χ2v) is 4.86. The number of hydrogen-bond acceptors (Lipinski definition) is 3. The number of para-hydroxylation sites is 1. The predicted molar refractivity (Wildman–Crippen MR) is 69.8 cm³/mol. The third-order valence-corrected chi connectivity index (χ3v) is 3.42. The van der Waals surface area contributed by atoms with Crippen LogP contribution < -0.4 is 0 Å². The number of carbonyl (C=O) groups excluding carboxylic acids is 1. The van der Waals surface area contributed by atoms with Crippen LogP contribution in [0.4, 0.5) is 0 Å². The van der Waals surface area contributed by atoms with Crippen molar-refractivity contribution in [3.8, 4) is 0 Å². The molecule has 0 spiro atoms. The molecule has 1 heterocycles.